The summed E-state index contributed by atoms with van der Waals surface area (Å²) in [6.07, 6.45) is 0. The van der Waals surface area contributed by atoms with Crippen LogP contribution in [0.5, 0.6) is 0 Å². The number of halogens is 1. The molecule has 4 nitrogen and oxygen atoms in total. The third-order valence-corrected chi connectivity index (χ3v) is 3.18. The van der Waals surface area contributed by atoms with Gasteiger partial charge in [0.1, 0.15) is 0 Å². The summed E-state index contributed by atoms with van der Waals surface area (Å²) in [6.45, 7) is 1.96. The van der Waals surface area contributed by atoms with Gasteiger partial charge >= 0.3 is 0 Å². The molecule has 1 atom stereocenters. The number of thioether (sulfide) groups is 1. The number of amidine groups is 1. The lowest BCUT2D eigenvalue weighted by atomic mass is 10.2. The summed E-state index contributed by atoms with van der Waals surface area (Å²) in [7, 11) is 0. The number of carbonyl (C=O) groups excluding carboxylic acids is 1. The molecule has 0 fully saturated rings. The van der Waals surface area contributed by atoms with Gasteiger partial charge in [0, 0.05) is 0 Å². The second-order valence-corrected chi connectivity index (χ2v) is 4.98. The molecule has 84 valence electrons. The van der Waals surface area contributed by atoms with Gasteiger partial charge < -0.3 is 0 Å². The molecule has 0 aromatic heterocycles. The quantitative estimate of drug-likeness (QED) is 0.807. The summed E-state index contributed by atoms with van der Waals surface area (Å²) in [6, 6.07) is 6.91. The van der Waals surface area contributed by atoms with Crippen LogP contribution in [-0.2, 0) is 0 Å². The maximum atomic E-state index is 11.8. The predicted octanol–water partition coefficient (Wildman–Crippen LogP) is 2.02. The number of hydrogen-bond donors (Lipinski definition) is 2. The van der Waals surface area contributed by atoms with E-state index in [0.29, 0.717) is 15.8 Å². The molecule has 0 spiro atoms. The maximum absolute atomic E-state index is 11.8. The minimum absolute atomic E-state index is 0.182. The van der Waals surface area contributed by atoms with Crippen molar-refractivity contribution in [3.8, 4) is 0 Å². The van der Waals surface area contributed by atoms with Crippen LogP contribution < -0.4 is 10.7 Å². The van der Waals surface area contributed by atoms with Crippen LogP contribution in [0.1, 0.15) is 17.3 Å². The molecule has 1 aliphatic rings. The zero-order valence-electron chi connectivity index (χ0n) is 8.53. The Morgan fingerprint density at radius 3 is 2.94 bits per heavy atom. The van der Waals surface area contributed by atoms with E-state index in [1.807, 2.05) is 6.92 Å². The third kappa shape index (κ3) is 2.48. The molecule has 1 aromatic carbocycles. The zero-order valence-corrected chi connectivity index (χ0v) is 10.1. The fourth-order valence-corrected chi connectivity index (χ4v) is 2.16. The Bertz CT molecular complexity index is 449. The Morgan fingerprint density at radius 1 is 1.56 bits per heavy atom. The summed E-state index contributed by atoms with van der Waals surface area (Å²) < 4.78 is 0. The molecule has 0 saturated heterocycles. The summed E-state index contributed by atoms with van der Waals surface area (Å²) >= 11 is 7.37. The minimum atomic E-state index is -0.243. The van der Waals surface area contributed by atoms with E-state index in [2.05, 4.69) is 15.8 Å². The molecule has 0 saturated carbocycles. The van der Waals surface area contributed by atoms with Crippen LogP contribution in [0.15, 0.2) is 29.4 Å². The molecule has 0 radical (unpaired) electrons. The standard InChI is InChI=1S/C10H10ClN3OS/c1-6-13-14-10(16-6)12-9(15)7-4-2-3-5-8(7)11/h2-6,13H,1H3,(H,12,14,15). The van der Waals surface area contributed by atoms with E-state index in [0.717, 1.165) is 0 Å². The average Bonchev–Trinajstić information content (AvgIpc) is 2.64. The Labute approximate surface area is 102 Å². The van der Waals surface area contributed by atoms with Gasteiger partial charge in [0.2, 0.25) is 0 Å². The van der Waals surface area contributed by atoms with E-state index in [1.165, 1.54) is 11.8 Å². The highest BCUT2D eigenvalue weighted by Gasteiger charge is 2.18. The Kier molecular flexibility index (Phi) is 3.36. The Balaban J connectivity index is 2.07. The van der Waals surface area contributed by atoms with Crippen molar-refractivity contribution in [2.24, 2.45) is 5.10 Å². The third-order valence-electron chi connectivity index (χ3n) is 1.98. The van der Waals surface area contributed by atoms with Crippen LogP contribution in [0.3, 0.4) is 0 Å². The molecular weight excluding hydrogens is 246 g/mol. The van der Waals surface area contributed by atoms with Crippen LogP contribution >= 0.6 is 23.4 Å². The van der Waals surface area contributed by atoms with Gasteiger partial charge in [-0.3, -0.25) is 15.5 Å². The first-order valence-corrected chi connectivity index (χ1v) is 5.98. The largest absolute Gasteiger partial charge is 0.300 e. The van der Waals surface area contributed by atoms with E-state index in [-0.39, 0.29) is 11.3 Å². The lowest BCUT2D eigenvalue weighted by Crippen LogP contribution is -2.27. The summed E-state index contributed by atoms with van der Waals surface area (Å²) in [5, 5.41) is 7.84. The number of nitrogens with zero attached hydrogens (tertiary/aromatic N) is 1. The zero-order chi connectivity index (χ0) is 11.5. The van der Waals surface area contributed by atoms with Gasteiger partial charge in [-0.15, -0.1) is 0 Å². The average molecular weight is 256 g/mol. The van der Waals surface area contributed by atoms with Gasteiger partial charge in [-0.25, -0.2) is 0 Å². The molecule has 0 aliphatic carbocycles. The highest BCUT2D eigenvalue weighted by Crippen LogP contribution is 2.17. The van der Waals surface area contributed by atoms with Gasteiger partial charge in [0.25, 0.3) is 5.91 Å². The number of nitrogens with one attached hydrogen (secondary N) is 2. The smallest absolute Gasteiger partial charge is 0.258 e. The number of hydrazone groups is 1. The first-order valence-electron chi connectivity index (χ1n) is 4.72. The second-order valence-electron chi connectivity index (χ2n) is 3.24. The van der Waals surface area contributed by atoms with Crippen LogP contribution in [0, 0.1) is 0 Å². The molecular formula is C10H10ClN3OS. The maximum Gasteiger partial charge on any atom is 0.258 e. The van der Waals surface area contributed by atoms with Crippen molar-refractivity contribution >= 4 is 34.4 Å². The van der Waals surface area contributed by atoms with Crippen molar-refractivity contribution in [2.45, 2.75) is 12.3 Å². The van der Waals surface area contributed by atoms with Crippen LogP contribution in [0.4, 0.5) is 0 Å². The highest BCUT2D eigenvalue weighted by molar-refractivity contribution is 8.14. The first kappa shape index (κ1) is 11.3. The van der Waals surface area contributed by atoms with E-state index in [9.17, 15) is 4.79 Å². The predicted molar refractivity (Wildman–Crippen MR) is 66.5 cm³/mol. The fraction of sp³-hybridized carbons (Fsp3) is 0.200. The molecule has 1 unspecified atom stereocenters. The van der Waals surface area contributed by atoms with Crippen molar-refractivity contribution in [1.82, 2.24) is 10.7 Å². The van der Waals surface area contributed by atoms with Gasteiger partial charge in [-0.1, -0.05) is 35.5 Å². The number of amides is 1. The monoisotopic (exact) mass is 255 g/mol. The Hall–Kier alpha value is -1.20. The second kappa shape index (κ2) is 4.76. The summed E-state index contributed by atoms with van der Waals surface area (Å²) in [5.41, 5.74) is 3.30. The molecule has 1 aliphatic heterocycles. The molecule has 2 N–H and O–H groups in total. The van der Waals surface area contributed by atoms with Gasteiger partial charge in [-0.2, -0.15) is 5.10 Å². The van der Waals surface area contributed by atoms with Crippen LogP contribution in [0.25, 0.3) is 0 Å². The van der Waals surface area contributed by atoms with E-state index in [4.69, 9.17) is 11.6 Å². The Morgan fingerprint density at radius 2 is 2.31 bits per heavy atom. The van der Waals surface area contributed by atoms with Crippen LogP contribution in [0.2, 0.25) is 5.02 Å². The van der Waals surface area contributed by atoms with E-state index >= 15 is 0 Å². The number of rotatable bonds is 1. The van der Waals surface area contributed by atoms with Gasteiger partial charge in [0.05, 0.1) is 16.0 Å². The van der Waals surface area contributed by atoms with Gasteiger partial charge in [0.15, 0.2) is 5.17 Å². The topological polar surface area (TPSA) is 53.5 Å². The lowest BCUT2D eigenvalue weighted by Gasteiger charge is -2.04. The molecule has 2 rings (SSSR count). The minimum Gasteiger partial charge on any atom is -0.300 e. The first-order chi connectivity index (χ1) is 7.66. The lowest BCUT2D eigenvalue weighted by molar-refractivity contribution is 0.0978. The van der Waals surface area contributed by atoms with Crippen molar-refractivity contribution in [1.29, 1.82) is 0 Å². The molecule has 1 heterocycles. The highest BCUT2D eigenvalue weighted by atomic mass is 35.5. The van der Waals surface area contributed by atoms with E-state index < -0.39 is 0 Å². The summed E-state index contributed by atoms with van der Waals surface area (Å²) in [4.78, 5) is 11.8. The van der Waals surface area contributed by atoms with Crippen molar-refractivity contribution < 1.29 is 4.79 Å². The van der Waals surface area contributed by atoms with Gasteiger partial charge in [-0.05, 0) is 19.1 Å². The number of benzene rings is 1. The molecule has 1 amide bonds. The molecule has 6 heteroatoms. The van der Waals surface area contributed by atoms with Crippen molar-refractivity contribution in [3.05, 3.63) is 34.9 Å². The summed E-state index contributed by atoms with van der Waals surface area (Å²) in [5.74, 6) is -0.243. The number of hydrogen-bond acceptors (Lipinski definition) is 4. The van der Waals surface area contributed by atoms with Crippen molar-refractivity contribution in [2.75, 3.05) is 0 Å². The van der Waals surface area contributed by atoms with Crippen LogP contribution in [-0.4, -0.2) is 16.4 Å². The molecule has 1 aromatic rings. The van der Waals surface area contributed by atoms with E-state index in [1.54, 1.807) is 24.3 Å². The SMILES string of the molecule is CC1NN=C(NC(=O)c2ccccc2Cl)S1. The molecule has 0 bridgehead atoms. The van der Waals surface area contributed by atoms with Crippen molar-refractivity contribution in [3.63, 3.8) is 0 Å². The molecule has 16 heavy (non-hydrogen) atoms. The number of carbonyl (C=O) groups is 1. The normalized spacial score (nSPS) is 18.9. The fourth-order valence-electron chi connectivity index (χ4n) is 1.24.